The number of nitrogens with zero attached hydrogens (tertiary/aromatic N) is 1. The van der Waals surface area contributed by atoms with Crippen molar-refractivity contribution in [3.05, 3.63) is 176 Å². The van der Waals surface area contributed by atoms with Crippen LogP contribution >= 0.6 is 11.3 Å². The van der Waals surface area contributed by atoms with Gasteiger partial charge in [0.05, 0.1) is 0 Å². The van der Waals surface area contributed by atoms with E-state index in [0.29, 0.717) is 0 Å². The molecular formula is C46H29NOS. The normalized spacial score (nSPS) is 11.7. The summed E-state index contributed by atoms with van der Waals surface area (Å²) < 4.78 is 8.85. The van der Waals surface area contributed by atoms with Crippen LogP contribution in [0.25, 0.3) is 75.1 Å². The fraction of sp³-hybridized carbons (Fsp3) is 0. The second-order valence-corrected chi connectivity index (χ2v) is 13.7. The van der Waals surface area contributed by atoms with Crippen molar-refractivity contribution >= 4 is 81.3 Å². The summed E-state index contributed by atoms with van der Waals surface area (Å²) in [5.74, 6) is 0. The SMILES string of the molecule is c1ccc(-c2ccc(N(c3ccc(-c4ccc5cc6c(cc5c4)sc4ccccc46)cc3)c3ccc4oc5ccccc5c4c3)cc2)cc1. The summed E-state index contributed by atoms with van der Waals surface area (Å²) in [4.78, 5) is 2.33. The van der Waals surface area contributed by atoms with Crippen molar-refractivity contribution in [1.82, 2.24) is 0 Å². The molecule has 0 aliphatic rings. The molecule has 2 aromatic heterocycles. The topological polar surface area (TPSA) is 16.4 Å². The quantitative estimate of drug-likeness (QED) is 0.186. The number of hydrogen-bond acceptors (Lipinski definition) is 3. The van der Waals surface area contributed by atoms with Crippen molar-refractivity contribution in [2.75, 3.05) is 4.90 Å². The molecule has 49 heavy (non-hydrogen) atoms. The van der Waals surface area contributed by atoms with Crippen LogP contribution < -0.4 is 4.90 Å². The molecule has 0 aliphatic heterocycles. The summed E-state index contributed by atoms with van der Waals surface area (Å²) in [5, 5.41) is 7.44. The molecule has 3 heteroatoms. The van der Waals surface area contributed by atoms with E-state index < -0.39 is 0 Å². The van der Waals surface area contributed by atoms with Crippen LogP contribution in [0.5, 0.6) is 0 Å². The Bertz CT molecular complexity index is 2810. The third kappa shape index (κ3) is 4.78. The van der Waals surface area contributed by atoms with E-state index in [-0.39, 0.29) is 0 Å². The molecule has 0 atom stereocenters. The minimum absolute atomic E-state index is 0.893. The number of rotatable bonds is 5. The molecule has 0 aliphatic carbocycles. The lowest BCUT2D eigenvalue weighted by Gasteiger charge is -2.26. The number of benzene rings is 8. The largest absolute Gasteiger partial charge is 0.456 e. The van der Waals surface area contributed by atoms with Crippen LogP contribution in [0.1, 0.15) is 0 Å². The van der Waals surface area contributed by atoms with Gasteiger partial charge in [-0.1, -0.05) is 103 Å². The van der Waals surface area contributed by atoms with Gasteiger partial charge in [0.2, 0.25) is 0 Å². The van der Waals surface area contributed by atoms with Gasteiger partial charge >= 0.3 is 0 Å². The zero-order valence-electron chi connectivity index (χ0n) is 26.5. The third-order valence-electron chi connectivity index (χ3n) is 9.65. The summed E-state index contributed by atoms with van der Waals surface area (Å²) >= 11 is 1.87. The van der Waals surface area contributed by atoms with Gasteiger partial charge in [0.1, 0.15) is 11.2 Å². The average Bonchev–Trinajstić information content (AvgIpc) is 3.72. The summed E-state index contributed by atoms with van der Waals surface area (Å²) in [6, 6.07) is 63.3. The minimum atomic E-state index is 0.893. The molecule has 0 saturated carbocycles. The van der Waals surface area contributed by atoms with Crippen LogP contribution in [-0.2, 0) is 0 Å². The molecule has 2 nitrogen and oxygen atoms in total. The highest BCUT2D eigenvalue weighted by Crippen LogP contribution is 2.41. The van der Waals surface area contributed by atoms with E-state index in [1.807, 2.05) is 23.5 Å². The van der Waals surface area contributed by atoms with E-state index >= 15 is 0 Å². The molecule has 230 valence electrons. The summed E-state index contributed by atoms with van der Waals surface area (Å²) in [7, 11) is 0. The first-order chi connectivity index (χ1) is 24.2. The molecule has 0 amide bonds. The van der Waals surface area contributed by atoms with E-state index in [1.165, 1.54) is 53.2 Å². The Balaban J connectivity index is 1.06. The van der Waals surface area contributed by atoms with Crippen LogP contribution in [0.3, 0.4) is 0 Å². The number of anilines is 3. The summed E-state index contributed by atoms with van der Waals surface area (Å²) in [6.45, 7) is 0. The summed E-state index contributed by atoms with van der Waals surface area (Å²) in [5.41, 5.74) is 9.87. The highest BCUT2D eigenvalue weighted by Gasteiger charge is 2.16. The molecule has 0 unspecified atom stereocenters. The number of para-hydroxylation sites is 1. The van der Waals surface area contributed by atoms with Crippen molar-refractivity contribution < 1.29 is 4.42 Å². The number of hydrogen-bond donors (Lipinski definition) is 0. The van der Waals surface area contributed by atoms with Crippen LogP contribution in [0, 0.1) is 0 Å². The molecule has 0 radical (unpaired) electrons. The highest BCUT2D eigenvalue weighted by atomic mass is 32.1. The smallest absolute Gasteiger partial charge is 0.135 e. The van der Waals surface area contributed by atoms with Gasteiger partial charge in [0.15, 0.2) is 0 Å². The van der Waals surface area contributed by atoms with Gasteiger partial charge in [0, 0.05) is 48.0 Å². The summed E-state index contributed by atoms with van der Waals surface area (Å²) in [6.07, 6.45) is 0. The first-order valence-corrected chi connectivity index (χ1v) is 17.4. The van der Waals surface area contributed by atoms with Crippen molar-refractivity contribution in [1.29, 1.82) is 0 Å². The van der Waals surface area contributed by atoms with Gasteiger partial charge in [-0.05, 0) is 106 Å². The molecule has 0 bridgehead atoms. The maximum Gasteiger partial charge on any atom is 0.135 e. The van der Waals surface area contributed by atoms with Crippen molar-refractivity contribution in [3.8, 4) is 22.3 Å². The van der Waals surface area contributed by atoms with Crippen molar-refractivity contribution in [2.24, 2.45) is 0 Å². The Morgan fingerprint density at radius 3 is 1.76 bits per heavy atom. The Morgan fingerprint density at radius 2 is 0.959 bits per heavy atom. The molecule has 0 fully saturated rings. The Morgan fingerprint density at radius 1 is 0.347 bits per heavy atom. The predicted octanol–water partition coefficient (Wildman–Crippen LogP) is 13.9. The average molecular weight is 644 g/mol. The molecule has 0 spiro atoms. The van der Waals surface area contributed by atoms with Crippen molar-refractivity contribution in [3.63, 3.8) is 0 Å². The Kier molecular flexibility index (Phi) is 6.39. The number of fused-ring (bicyclic) bond motifs is 7. The van der Waals surface area contributed by atoms with Gasteiger partial charge in [-0.15, -0.1) is 11.3 Å². The fourth-order valence-electron chi connectivity index (χ4n) is 7.18. The Hall–Kier alpha value is -6.16. The minimum Gasteiger partial charge on any atom is -0.456 e. The van der Waals surface area contributed by atoms with E-state index in [4.69, 9.17) is 4.42 Å². The highest BCUT2D eigenvalue weighted by molar-refractivity contribution is 7.25. The molecular weight excluding hydrogens is 615 g/mol. The molecule has 0 saturated heterocycles. The zero-order valence-corrected chi connectivity index (χ0v) is 27.3. The van der Waals surface area contributed by atoms with Gasteiger partial charge in [-0.2, -0.15) is 0 Å². The maximum absolute atomic E-state index is 6.18. The second kappa shape index (κ2) is 11.2. The van der Waals surface area contributed by atoms with E-state index in [2.05, 4.69) is 169 Å². The molecule has 2 heterocycles. The third-order valence-corrected chi connectivity index (χ3v) is 10.8. The molecule has 0 N–H and O–H groups in total. The van der Waals surface area contributed by atoms with Gasteiger partial charge in [-0.3, -0.25) is 0 Å². The maximum atomic E-state index is 6.18. The fourth-order valence-corrected chi connectivity index (χ4v) is 8.32. The molecule has 10 aromatic rings. The first-order valence-electron chi connectivity index (χ1n) is 16.6. The van der Waals surface area contributed by atoms with Crippen LogP contribution in [0.2, 0.25) is 0 Å². The van der Waals surface area contributed by atoms with Crippen LogP contribution in [0.4, 0.5) is 17.1 Å². The lowest BCUT2D eigenvalue weighted by Crippen LogP contribution is -2.09. The van der Waals surface area contributed by atoms with E-state index in [1.54, 1.807) is 0 Å². The lowest BCUT2D eigenvalue weighted by atomic mass is 9.99. The Labute approximate surface area is 287 Å². The van der Waals surface area contributed by atoms with E-state index in [9.17, 15) is 0 Å². The van der Waals surface area contributed by atoms with Gasteiger partial charge < -0.3 is 9.32 Å². The monoisotopic (exact) mass is 643 g/mol. The molecule has 10 rings (SSSR count). The second-order valence-electron chi connectivity index (χ2n) is 12.6. The van der Waals surface area contributed by atoms with Gasteiger partial charge in [-0.25, -0.2) is 0 Å². The zero-order chi connectivity index (χ0) is 32.3. The molecule has 8 aromatic carbocycles. The van der Waals surface area contributed by atoms with Gasteiger partial charge in [0.25, 0.3) is 0 Å². The number of thiophene rings is 1. The first kappa shape index (κ1) is 27.9. The predicted molar refractivity (Wildman–Crippen MR) is 210 cm³/mol. The standard InChI is InChI=1S/C46H29NOS/c1-2-8-30(9-3-1)31-16-20-36(21-17-31)47(38-24-25-44-41(29-38)39-10-4-6-12-43(39)48-44)37-22-18-32(19-23-37)33-14-15-34-27-42-40-11-5-7-13-45(40)49-46(42)28-35(34)26-33/h1-29H. The van der Waals surface area contributed by atoms with Crippen LogP contribution in [-0.4, -0.2) is 0 Å². The van der Waals surface area contributed by atoms with E-state index in [0.717, 1.165) is 39.0 Å². The van der Waals surface area contributed by atoms with Crippen LogP contribution in [0.15, 0.2) is 180 Å². The lowest BCUT2D eigenvalue weighted by molar-refractivity contribution is 0.669. The number of furan rings is 1. The van der Waals surface area contributed by atoms with Crippen molar-refractivity contribution in [2.45, 2.75) is 0 Å².